The summed E-state index contributed by atoms with van der Waals surface area (Å²) in [5.41, 5.74) is 1.06. The molecule has 1 atom stereocenters. The summed E-state index contributed by atoms with van der Waals surface area (Å²) in [7, 11) is 0. The fourth-order valence-corrected chi connectivity index (χ4v) is 4.39. The van der Waals surface area contributed by atoms with Crippen LogP contribution >= 0.6 is 11.3 Å². The smallest absolute Gasteiger partial charge is 0.261 e. The van der Waals surface area contributed by atoms with Crippen LogP contribution in [0.15, 0.2) is 36.7 Å². The largest absolute Gasteiger partial charge is 0.347 e. The molecular weight excluding hydrogens is 294 g/mol. The Morgan fingerprint density at radius 1 is 1.27 bits per heavy atom. The molecule has 3 saturated heterocycles. The molecule has 5 heteroatoms. The van der Waals surface area contributed by atoms with Crippen molar-refractivity contribution in [1.29, 1.82) is 0 Å². The second-order valence-electron chi connectivity index (χ2n) is 6.12. The molecule has 5 rings (SSSR count). The Kier molecular flexibility index (Phi) is 3.68. The summed E-state index contributed by atoms with van der Waals surface area (Å²) in [6.45, 7) is 3.40. The van der Waals surface area contributed by atoms with Gasteiger partial charge in [0.2, 0.25) is 0 Å². The van der Waals surface area contributed by atoms with Gasteiger partial charge in [0.05, 0.1) is 4.88 Å². The van der Waals surface area contributed by atoms with Crippen molar-refractivity contribution in [3.05, 3.63) is 41.5 Å². The molecule has 4 nitrogen and oxygen atoms in total. The fraction of sp³-hybridized carbons (Fsp3) is 0.412. The predicted octanol–water partition coefficient (Wildman–Crippen LogP) is 2.63. The highest BCUT2D eigenvalue weighted by molar-refractivity contribution is 7.17. The van der Waals surface area contributed by atoms with Crippen molar-refractivity contribution in [2.24, 2.45) is 5.92 Å². The maximum atomic E-state index is 12.5. The van der Waals surface area contributed by atoms with Gasteiger partial charge in [-0.05, 0) is 50.0 Å². The number of fused-ring (bicyclic) bond motifs is 3. The number of carbonyl (C=O) groups excluding carboxylic acids is 1. The van der Waals surface area contributed by atoms with Crippen molar-refractivity contribution < 1.29 is 4.79 Å². The Bertz CT molecular complexity index is 662. The molecule has 0 saturated carbocycles. The fourth-order valence-electron chi connectivity index (χ4n) is 3.49. The molecule has 2 aromatic heterocycles. The number of rotatable bonds is 3. The molecule has 0 radical (unpaired) electrons. The van der Waals surface area contributed by atoms with E-state index in [1.165, 1.54) is 37.3 Å². The van der Waals surface area contributed by atoms with Crippen molar-refractivity contribution in [3.8, 4) is 10.4 Å². The summed E-state index contributed by atoms with van der Waals surface area (Å²) < 4.78 is 0. The first-order chi connectivity index (χ1) is 10.8. The first kappa shape index (κ1) is 13.9. The number of piperidine rings is 3. The van der Waals surface area contributed by atoms with E-state index in [2.05, 4.69) is 15.2 Å². The maximum Gasteiger partial charge on any atom is 0.261 e. The summed E-state index contributed by atoms with van der Waals surface area (Å²) in [5.74, 6) is 0.727. The van der Waals surface area contributed by atoms with E-state index in [9.17, 15) is 4.79 Å². The van der Waals surface area contributed by atoms with Gasteiger partial charge in [-0.15, -0.1) is 11.3 Å². The third kappa shape index (κ3) is 2.66. The molecule has 2 bridgehead atoms. The Morgan fingerprint density at radius 2 is 2.14 bits per heavy atom. The number of thiophene rings is 1. The number of nitrogens with one attached hydrogen (secondary N) is 1. The van der Waals surface area contributed by atoms with Crippen LogP contribution in [0.3, 0.4) is 0 Å². The van der Waals surface area contributed by atoms with Crippen LogP contribution in [0, 0.1) is 5.92 Å². The number of aromatic nitrogens is 1. The Morgan fingerprint density at radius 3 is 2.82 bits per heavy atom. The van der Waals surface area contributed by atoms with Gasteiger partial charge in [-0.3, -0.25) is 9.78 Å². The standard InChI is InChI=1S/C17H19N3OS/c21-17(19-14-11-20-8-5-12(14)6-9-20)16-4-3-15(22-16)13-2-1-7-18-10-13/h1-4,7,10,12,14H,5-6,8-9,11H2,(H,19,21)/t14-/m1/s1. The number of hydrogen-bond acceptors (Lipinski definition) is 4. The summed E-state index contributed by atoms with van der Waals surface area (Å²) in [4.78, 5) is 21.0. The van der Waals surface area contributed by atoms with Crippen LogP contribution < -0.4 is 5.32 Å². The quantitative estimate of drug-likeness (QED) is 0.947. The molecular formula is C17H19N3OS. The molecule has 3 aliphatic rings. The monoisotopic (exact) mass is 313 g/mol. The van der Waals surface area contributed by atoms with Crippen LogP contribution in [-0.2, 0) is 0 Å². The van der Waals surface area contributed by atoms with Crippen molar-refractivity contribution in [2.75, 3.05) is 19.6 Å². The summed E-state index contributed by atoms with van der Waals surface area (Å²) >= 11 is 1.54. The topological polar surface area (TPSA) is 45.2 Å². The average Bonchev–Trinajstić information content (AvgIpc) is 3.07. The molecule has 3 fully saturated rings. The normalized spacial score (nSPS) is 26.8. The van der Waals surface area contributed by atoms with Crippen LogP contribution in [0.2, 0.25) is 0 Å². The van der Waals surface area contributed by atoms with Gasteiger partial charge in [0.25, 0.3) is 5.91 Å². The summed E-state index contributed by atoms with van der Waals surface area (Å²) in [6.07, 6.45) is 6.03. The van der Waals surface area contributed by atoms with Gasteiger partial charge in [-0.25, -0.2) is 0 Å². The van der Waals surface area contributed by atoms with E-state index in [0.29, 0.717) is 12.0 Å². The summed E-state index contributed by atoms with van der Waals surface area (Å²) in [5, 5.41) is 3.25. The first-order valence-corrected chi connectivity index (χ1v) is 8.65. The summed E-state index contributed by atoms with van der Waals surface area (Å²) in [6, 6.07) is 8.19. The van der Waals surface area contributed by atoms with E-state index < -0.39 is 0 Å². The number of hydrogen-bond donors (Lipinski definition) is 1. The van der Waals surface area contributed by atoms with E-state index >= 15 is 0 Å². The zero-order valence-electron chi connectivity index (χ0n) is 12.4. The van der Waals surface area contributed by atoms with E-state index in [1.54, 1.807) is 6.20 Å². The second-order valence-corrected chi connectivity index (χ2v) is 7.21. The van der Waals surface area contributed by atoms with E-state index in [1.807, 2.05) is 30.5 Å². The lowest BCUT2D eigenvalue weighted by atomic mass is 9.84. The molecule has 5 heterocycles. The van der Waals surface area contributed by atoms with Crippen LogP contribution in [0.4, 0.5) is 0 Å². The highest BCUT2D eigenvalue weighted by Gasteiger charge is 2.35. The molecule has 0 unspecified atom stereocenters. The Hall–Kier alpha value is -1.72. The van der Waals surface area contributed by atoms with Crippen LogP contribution in [0.1, 0.15) is 22.5 Å². The molecule has 0 aromatic carbocycles. The number of pyridine rings is 1. The zero-order valence-corrected chi connectivity index (χ0v) is 13.2. The van der Waals surface area contributed by atoms with Crippen molar-refractivity contribution in [1.82, 2.24) is 15.2 Å². The molecule has 22 heavy (non-hydrogen) atoms. The van der Waals surface area contributed by atoms with E-state index in [-0.39, 0.29) is 5.91 Å². The van der Waals surface area contributed by atoms with Gasteiger partial charge >= 0.3 is 0 Å². The average molecular weight is 313 g/mol. The third-order valence-electron chi connectivity index (χ3n) is 4.75. The van der Waals surface area contributed by atoms with Crippen molar-refractivity contribution >= 4 is 17.2 Å². The van der Waals surface area contributed by atoms with Crippen molar-refractivity contribution in [2.45, 2.75) is 18.9 Å². The molecule has 2 aromatic rings. The predicted molar refractivity (Wildman–Crippen MR) is 88.0 cm³/mol. The lowest BCUT2D eigenvalue weighted by Gasteiger charge is -2.44. The lowest BCUT2D eigenvalue weighted by molar-refractivity contribution is 0.0622. The minimum Gasteiger partial charge on any atom is -0.347 e. The van der Waals surface area contributed by atoms with Crippen molar-refractivity contribution in [3.63, 3.8) is 0 Å². The molecule has 0 aliphatic carbocycles. The highest BCUT2D eigenvalue weighted by atomic mass is 32.1. The van der Waals surface area contributed by atoms with Gasteiger partial charge in [0.15, 0.2) is 0 Å². The van der Waals surface area contributed by atoms with E-state index in [0.717, 1.165) is 21.9 Å². The third-order valence-corrected chi connectivity index (χ3v) is 5.88. The van der Waals surface area contributed by atoms with Gasteiger partial charge in [0.1, 0.15) is 0 Å². The van der Waals surface area contributed by atoms with Crippen LogP contribution in [-0.4, -0.2) is 41.5 Å². The minimum atomic E-state index is 0.0684. The van der Waals surface area contributed by atoms with Gasteiger partial charge in [-0.2, -0.15) is 0 Å². The Balaban J connectivity index is 1.46. The highest BCUT2D eigenvalue weighted by Crippen LogP contribution is 2.30. The minimum absolute atomic E-state index is 0.0684. The first-order valence-electron chi connectivity index (χ1n) is 7.83. The molecule has 1 N–H and O–H groups in total. The SMILES string of the molecule is O=C(N[C@@H]1CN2CCC1CC2)c1ccc(-c2cccnc2)s1. The van der Waals surface area contributed by atoms with Gasteiger partial charge in [-0.1, -0.05) is 6.07 Å². The Labute approximate surface area is 134 Å². The second kappa shape index (κ2) is 5.82. The zero-order chi connectivity index (χ0) is 14.9. The lowest BCUT2D eigenvalue weighted by Crippen LogP contribution is -2.57. The van der Waals surface area contributed by atoms with Gasteiger partial charge < -0.3 is 10.2 Å². The molecule has 1 amide bonds. The van der Waals surface area contributed by atoms with Crippen LogP contribution in [0.5, 0.6) is 0 Å². The van der Waals surface area contributed by atoms with Gasteiger partial charge in [0, 0.05) is 35.4 Å². The molecule has 114 valence electrons. The number of amides is 1. The van der Waals surface area contributed by atoms with E-state index in [4.69, 9.17) is 0 Å². The number of carbonyl (C=O) groups is 1. The molecule has 3 aliphatic heterocycles. The molecule has 0 spiro atoms. The van der Waals surface area contributed by atoms with Crippen LogP contribution in [0.25, 0.3) is 10.4 Å². The number of nitrogens with zero attached hydrogens (tertiary/aromatic N) is 2. The maximum absolute atomic E-state index is 12.5.